The molecule has 2 N–H and O–H groups in total. The SMILES string of the molecule is O=C(O)c1ccc(C2(NC(=O)c3cccc4ccn(CC5C=CC(C(F)(F)F)=CC5)c34)CC2)cc1. The first-order valence-corrected chi connectivity index (χ1v) is 11.4. The number of carbonyl (C=O) groups excluding carboxylic acids is 1. The minimum atomic E-state index is -4.35. The Kier molecular flexibility index (Phi) is 5.54. The molecule has 1 aromatic heterocycles. The molecule has 0 spiro atoms. The van der Waals surface area contributed by atoms with E-state index in [1.807, 2.05) is 29.0 Å². The molecular weight excluding hydrogens is 457 g/mol. The highest BCUT2D eigenvalue weighted by atomic mass is 19.4. The zero-order valence-electron chi connectivity index (χ0n) is 18.7. The van der Waals surface area contributed by atoms with Gasteiger partial charge in [-0.05, 0) is 55.0 Å². The highest BCUT2D eigenvalue weighted by Crippen LogP contribution is 2.46. The van der Waals surface area contributed by atoms with Gasteiger partial charge >= 0.3 is 12.1 Å². The minimum Gasteiger partial charge on any atom is -0.478 e. The summed E-state index contributed by atoms with van der Waals surface area (Å²) in [5.41, 5.74) is 1.12. The third kappa shape index (κ3) is 4.48. The number of aromatic nitrogens is 1. The lowest BCUT2D eigenvalue weighted by molar-refractivity contribution is -0.0887. The van der Waals surface area contributed by atoms with Crippen LogP contribution >= 0.6 is 0 Å². The minimum absolute atomic E-state index is 0.115. The summed E-state index contributed by atoms with van der Waals surface area (Å²) >= 11 is 0. The van der Waals surface area contributed by atoms with E-state index in [4.69, 9.17) is 5.11 Å². The van der Waals surface area contributed by atoms with Crippen molar-refractivity contribution in [3.63, 3.8) is 0 Å². The summed E-state index contributed by atoms with van der Waals surface area (Å²) in [5.74, 6) is -1.36. The molecular formula is C27H23F3N2O3. The number of alkyl halides is 3. The van der Waals surface area contributed by atoms with E-state index in [0.717, 1.165) is 35.4 Å². The lowest BCUT2D eigenvalue weighted by atomic mass is 9.96. The number of carboxylic acid groups (broad SMARTS) is 1. The molecule has 2 aromatic carbocycles. The number of carbonyl (C=O) groups is 2. The maximum Gasteiger partial charge on any atom is 0.416 e. The van der Waals surface area contributed by atoms with Gasteiger partial charge in [0.2, 0.25) is 0 Å². The van der Waals surface area contributed by atoms with Gasteiger partial charge in [-0.25, -0.2) is 4.79 Å². The van der Waals surface area contributed by atoms with Crippen LogP contribution in [0.1, 0.15) is 45.5 Å². The number of hydrogen-bond donors (Lipinski definition) is 2. The van der Waals surface area contributed by atoms with Gasteiger partial charge in [-0.3, -0.25) is 4.79 Å². The van der Waals surface area contributed by atoms with Crippen LogP contribution in [0.5, 0.6) is 0 Å². The first-order chi connectivity index (χ1) is 16.7. The standard InChI is InChI=1S/C27H23F3N2O3/c28-27(29,30)21-8-4-17(5-9-21)16-32-15-12-18-2-1-3-22(23(18)32)24(33)31-26(13-14-26)20-10-6-19(7-11-20)25(34)35/h1-4,6-12,15,17H,5,13-14,16H2,(H,31,33)(H,34,35). The molecule has 1 heterocycles. The summed E-state index contributed by atoms with van der Waals surface area (Å²) in [6.45, 7) is 0.452. The van der Waals surface area contributed by atoms with E-state index in [1.54, 1.807) is 24.3 Å². The van der Waals surface area contributed by atoms with Crippen molar-refractivity contribution in [3.8, 4) is 0 Å². The number of benzene rings is 2. The Morgan fingerprint density at radius 3 is 2.43 bits per heavy atom. The summed E-state index contributed by atoms with van der Waals surface area (Å²) < 4.78 is 40.7. The van der Waals surface area contributed by atoms with Gasteiger partial charge in [-0.1, -0.05) is 42.5 Å². The lowest BCUT2D eigenvalue weighted by Gasteiger charge is -2.21. The molecule has 0 radical (unpaired) electrons. The Bertz CT molecular complexity index is 1360. The number of halogens is 3. The van der Waals surface area contributed by atoms with E-state index in [2.05, 4.69) is 5.32 Å². The predicted molar refractivity (Wildman–Crippen MR) is 125 cm³/mol. The van der Waals surface area contributed by atoms with Gasteiger partial charge in [-0.15, -0.1) is 0 Å². The van der Waals surface area contributed by atoms with Crippen molar-refractivity contribution in [2.24, 2.45) is 5.92 Å². The lowest BCUT2D eigenvalue weighted by Crippen LogP contribution is -2.35. The molecule has 3 aromatic rings. The number of carboxylic acids is 1. The second-order valence-corrected chi connectivity index (χ2v) is 9.14. The Morgan fingerprint density at radius 1 is 1.09 bits per heavy atom. The molecule has 1 unspecified atom stereocenters. The number of amides is 1. The van der Waals surface area contributed by atoms with Gasteiger partial charge in [0.25, 0.3) is 5.91 Å². The van der Waals surface area contributed by atoms with Crippen LogP contribution in [0.25, 0.3) is 10.9 Å². The third-order valence-electron chi connectivity index (χ3n) is 6.77. The quantitative estimate of drug-likeness (QED) is 0.467. The molecule has 0 bridgehead atoms. The van der Waals surface area contributed by atoms with E-state index in [1.165, 1.54) is 18.2 Å². The maximum absolute atomic E-state index is 13.4. The second kappa shape index (κ2) is 8.45. The fourth-order valence-electron chi connectivity index (χ4n) is 4.69. The molecule has 2 aliphatic carbocycles. The highest BCUT2D eigenvalue weighted by molar-refractivity contribution is 6.06. The maximum atomic E-state index is 13.4. The summed E-state index contributed by atoms with van der Waals surface area (Å²) in [6, 6.07) is 13.9. The van der Waals surface area contributed by atoms with Gasteiger partial charge < -0.3 is 15.0 Å². The van der Waals surface area contributed by atoms with Gasteiger partial charge in [0.05, 0.1) is 27.8 Å². The third-order valence-corrected chi connectivity index (χ3v) is 6.77. The molecule has 1 amide bonds. The Labute approximate surface area is 199 Å². The molecule has 1 fully saturated rings. The van der Waals surface area contributed by atoms with Crippen LogP contribution < -0.4 is 5.32 Å². The fourth-order valence-corrected chi connectivity index (χ4v) is 4.69. The molecule has 5 rings (SSSR count). The fraction of sp³-hybridized carbons (Fsp3) is 0.259. The number of hydrogen-bond acceptors (Lipinski definition) is 2. The van der Waals surface area contributed by atoms with E-state index in [9.17, 15) is 22.8 Å². The van der Waals surface area contributed by atoms with Gasteiger partial charge in [-0.2, -0.15) is 13.2 Å². The highest BCUT2D eigenvalue weighted by Gasteiger charge is 2.46. The summed E-state index contributed by atoms with van der Waals surface area (Å²) in [4.78, 5) is 24.5. The Hall–Kier alpha value is -3.81. The average molecular weight is 480 g/mol. The molecule has 35 heavy (non-hydrogen) atoms. The number of allylic oxidation sites excluding steroid dienone is 4. The molecule has 8 heteroatoms. The molecule has 5 nitrogen and oxygen atoms in total. The zero-order valence-corrected chi connectivity index (χ0v) is 18.7. The first kappa shape index (κ1) is 23.0. The summed E-state index contributed by atoms with van der Waals surface area (Å²) in [6.07, 6.45) is 3.21. The van der Waals surface area contributed by atoms with E-state index in [0.29, 0.717) is 12.1 Å². The van der Waals surface area contributed by atoms with E-state index < -0.39 is 23.3 Å². The largest absolute Gasteiger partial charge is 0.478 e. The normalized spacial score (nSPS) is 18.8. The van der Waals surface area contributed by atoms with E-state index >= 15 is 0 Å². The molecule has 0 saturated heterocycles. The second-order valence-electron chi connectivity index (χ2n) is 9.14. The van der Waals surface area contributed by atoms with Gasteiger partial charge in [0.15, 0.2) is 0 Å². The Balaban J connectivity index is 1.37. The van der Waals surface area contributed by atoms with Crippen LogP contribution in [0, 0.1) is 5.92 Å². The van der Waals surface area contributed by atoms with Crippen molar-refractivity contribution in [2.45, 2.75) is 37.5 Å². The van der Waals surface area contributed by atoms with Gasteiger partial charge in [0.1, 0.15) is 0 Å². The monoisotopic (exact) mass is 480 g/mol. The van der Waals surface area contributed by atoms with Crippen molar-refractivity contribution < 1.29 is 27.9 Å². The predicted octanol–water partition coefficient (Wildman–Crippen LogP) is 5.82. The van der Waals surface area contributed by atoms with Crippen molar-refractivity contribution in [1.29, 1.82) is 0 Å². The van der Waals surface area contributed by atoms with E-state index in [-0.39, 0.29) is 23.8 Å². The van der Waals surface area contributed by atoms with Crippen molar-refractivity contribution in [2.75, 3.05) is 0 Å². The molecule has 0 aliphatic heterocycles. The zero-order chi connectivity index (χ0) is 24.8. The summed E-state index contributed by atoms with van der Waals surface area (Å²) in [7, 11) is 0. The van der Waals surface area contributed by atoms with Crippen molar-refractivity contribution >= 4 is 22.8 Å². The summed E-state index contributed by atoms with van der Waals surface area (Å²) in [5, 5.41) is 13.1. The van der Waals surface area contributed by atoms with Crippen molar-refractivity contribution in [3.05, 3.63) is 95.2 Å². The van der Waals surface area contributed by atoms with Crippen LogP contribution in [0.15, 0.2) is 78.5 Å². The van der Waals surface area contributed by atoms with Crippen LogP contribution in [0.2, 0.25) is 0 Å². The smallest absolute Gasteiger partial charge is 0.416 e. The van der Waals surface area contributed by atoms with Crippen LogP contribution in [0.4, 0.5) is 13.2 Å². The topological polar surface area (TPSA) is 71.3 Å². The Morgan fingerprint density at radius 2 is 1.83 bits per heavy atom. The number of fused-ring (bicyclic) bond motifs is 1. The average Bonchev–Trinajstić information content (AvgIpc) is 3.50. The number of nitrogens with one attached hydrogen (secondary N) is 1. The molecule has 2 aliphatic rings. The molecule has 180 valence electrons. The number of aromatic carboxylic acids is 1. The van der Waals surface area contributed by atoms with Crippen LogP contribution in [0.3, 0.4) is 0 Å². The molecule has 1 atom stereocenters. The van der Waals surface area contributed by atoms with Crippen LogP contribution in [-0.2, 0) is 12.1 Å². The number of para-hydroxylation sites is 1. The number of nitrogens with zero attached hydrogens (tertiary/aromatic N) is 1. The van der Waals surface area contributed by atoms with Crippen LogP contribution in [-0.4, -0.2) is 27.7 Å². The van der Waals surface area contributed by atoms with Gasteiger partial charge in [0, 0.05) is 18.1 Å². The molecule has 1 saturated carbocycles. The first-order valence-electron chi connectivity index (χ1n) is 11.4. The van der Waals surface area contributed by atoms with Crippen molar-refractivity contribution in [1.82, 2.24) is 9.88 Å². The number of rotatable bonds is 6.